The van der Waals surface area contributed by atoms with Gasteiger partial charge >= 0.3 is 0 Å². The van der Waals surface area contributed by atoms with Crippen molar-refractivity contribution in [2.45, 2.75) is 46.0 Å². The maximum atomic E-state index is 12.8. The molecule has 0 bridgehead atoms. The van der Waals surface area contributed by atoms with Crippen LogP contribution in [0.1, 0.15) is 55.1 Å². The molecular formula is C18H26N2O2. The zero-order chi connectivity index (χ0) is 16.5. The van der Waals surface area contributed by atoms with Gasteiger partial charge in [0, 0.05) is 24.6 Å². The minimum atomic E-state index is -0.252. The number of nitrogens with zero attached hydrogens (tertiary/aromatic N) is 1. The molecule has 1 aromatic rings. The summed E-state index contributed by atoms with van der Waals surface area (Å²) in [5, 5.41) is 0. The molecule has 2 rings (SSSR count). The summed E-state index contributed by atoms with van der Waals surface area (Å²) in [4.78, 5) is 25.9. The number of hydrogen-bond donors (Lipinski definition) is 1. The third-order valence-electron chi connectivity index (χ3n) is 4.52. The van der Waals surface area contributed by atoms with Gasteiger partial charge in [-0.1, -0.05) is 32.9 Å². The van der Waals surface area contributed by atoms with E-state index in [2.05, 4.69) is 26.8 Å². The smallest absolute Gasteiger partial charge is 0.254 e. The number of amides is 2. The SMILES string of the molecule is Cc1ccc(C(C)(C)C)cc1C(=O)N1CCC(C(N)=O)CC1. The molecule has 120 valence electrons. The number of primary amides is 1. The summed E-state index contributed by atoms with van der Waals surface area (Å²) in [6, 6.07) is 6.12. The lowest BCUT2D eigenvalue weighted by Gasteiger charge is -2.31. The van der Waals surface area contributed by atoms with Gasteiger partial charge in [0.05, 0.1) is 0 Å². The van der Waals surface area contributed by atoms with Crippen molar-refractivity contribution in [1.82, 2.24) is 4.90 Å². The zero-order valence-corrected chi connectivity index (χ0v) is 14.0. The van der Waals surface area contributed by atoms with Crippen molar-refractivity contribution in [2.24, 2.45) is 11.7 Å². The Balaban J connectivity index is 2.18. The Morgan fingerprint density at radius 2 is 1.77 bits per heavy atom. The molecule has 1 saturated heterocycles. The Morgan fingerprint density at radius 1 is 1.18 bits per heavy atom. The number of hydrogen-bond acceptors (Lipinski definition) is 2. The maximum Gasteiger partial charge on any atom is 0.254 e. The summed E-state index contributed by atoms with van der Waals surface area (Å²) in [7, 11) is 0. The molecule has 0 radical (unpaired) electrons. The van der Waals surface area contributed by atoms with Gasteiger partial charge in [0.15, 0.2) is 0 Å². The molecule has 1 aliphatic heterocycles. The van der Waals surface area contributed by atoms with Gasteiger partial charge in [0.1, 0.15) is 0 Å². The number of piperidine rings is 1. The maximum absolute atomic E-state index is 12.8. The van der Waals surface area contributed by atoms with Crippen LogP contribution >= 0.6 is 0 Å². The molecule has 1 aromatic carbocycles. The van der Waals surface area contributed by atoms with Crippen molar-refractivity contribution in [1.29, 1.82) is 0 Å². The van der Waals surface area contributed by atoms with E-state index in [0.29, 0.717) is 25.9 Å². The van der Waals surface area contributed by atoms with Crippen LogP contribution < -0.4 is 5.73 Å². The molecule has 1 fully saturated rings. The first-order valence-corrected chi connectivity index (χ1v) is 7.90. The summed E-state index contributed by atoms with van der Waals surface area (Å²) < 4.78 is 0. The molecule has 22 heavy (non-hydrogen) atoms. The van der Waals surface area contributed by atoms with Crippen molar-refractivity contribution < 1.29 is 9.59 Å². The van der Waals surface area contributed by atoms with Crippen molar-refractivity contribution in [2.75, 3.05) is 13.1 Å². The Labute approximate surface area is 132 Å². The van der Waals surface area contributed by atoms with E-state index in [-0.39, 0.29) is 23.1 Å². The minimum absolute atomic E-state index is 0.0156. The monoisotopic (exact) mass is 302 g/mol. The fraction of sp³-hybridized carbons (Fsp3) is 0.556. The second kappa shape index (κ2) is 6.11. The minimum Gasteiger partial charge on any atom is -0.369 e. The van der Waals surface area contributed by atoms with Crippen LogP contribution in [0.3, 0.4) is 0 Å². The van der Waals surface area contributed by atoms with Crippen LogP contribution in [0.25, 0.3) is 0 Å². The lowest BCUT2D eigenvalue weighted by Crippen LogP contribution is -2.42. The Bertz CT molecular complexity index is 579. The molecule has 0 atom stereocenters. The number of benzene rings is 1. The average molecular weight is 302 g/mol. The van der Waals surface area contributed by atoms with Crippen LogP contribution in [-0.4, -0.2) is 29.8 Å². The van der Waals surface area contributed by atoms with E-state index in [1.807, 2.05) is 24.0 Å². The van der Waals surface area contributed by atoms with E-state index in [4.69, 9.17) is 5.73 Å². The highest BCUT2D eigenvalue weighted by Crippen LogP contribution is 2.26. The fourth-order valence-electron chi connectivity index (χ4n) is 2.86. The number of carbonyl (C=O) groups excluding carboxylic acids is 2. The average Bonchev–Trinajstić information content (AvgIpc) is 2.46. The van der Waals surface area contributed by atoms with E-state index in [9.17, 15) is 9.59 Å². The summed E-state index contributed by atoms with van der Waals surface area (Å²) >= 11 is 0. The van der Waals surface area contributed by atoms with Crippen LogP contribution in [0.4, 0.5) is 0 Å². The molecule has 2 N–H and O–H groups in total. The normalized spacial score (nSPS) is 16.6. The molecule has 0 saturated carbocycles. The molecule has 0 spiro atoms. The van der Waals surface area contributed by atoms with Crippen LogP contribution in [0, 0.1) is 12.8 Å². The second-order valence-electron chi connectivity index (χ2n) is 7.25. The molecule has 4 nitrogen and oxygen atoms in total. The highest BCUT2D eigenvalue weighted by Gasteiger charge is 2.27. The fourth-order valence-corrected chi connectivity index (χ4v) is 2.86. The predicted octanol–water partition coefficient (Wildman–Crippen LogP) is 2.63. The van der Waals surface area contributed by atoms with Crippen LogP contribution in [0.15, 0.2) is 18.2 Å². The second-order valence-corrected chi connectivity index (χ2v) is 7.25. The predicted molar refractivity (Wildman–Crippen MR) is 87.7 cm³/mol. The van der Waals surface area contributed by atoms with Crippen LogP contribution in [0.2, 0.25) is 0 Å². The standard InChI is InChI=1S/C18H26N2O2/c1-12-5-6-14(18(2,3)4)11-15(12)17(22)20-9-7-13(8-10-20)16(19)21/h5-6,11,13H,7-10H2,1-4H3,(H2,19,21). The largest absolute Gasteiger partial charge is 0.369 e. The quantitative estimate of drug-likeness (QED) is 0.912. The first kappa shape index (κ1) is 16.5. The number of rotatable bonds is 2. The summed E-state index contributed by atoms with van der Waals surface area (Å²) in [5.74, 6) is -0.282. The molecule has 4 heteroatoms. The molecule has 1 aliphatic rings. The topological polar surface area (TPSA) is 63.4 Å². The first-order valence-electron chi connectivity index (χ1n) is 7.90. The Kier molecular flexibility index (Phi) is 4.59. The van der Waals surface area contributed by atoms with E-state index in [1.165, 1.54) is 0 Å². The van der Waals surface area contributed by atoms with Crippen LogP contribution in [0.5, 0.6) is 0 Å². The van der Waals surface area contributed by atoms with E-state index in [1.54, 1.807) is 0 Å². The third-order valence-corrected chi connectivity index (χ3v) is 4.52. The van der Waals surface area contributed by atoms with Gasteiger partial charge in [-0.2, -0.15) is 0 Å². The van der Waals surface area contributed by atoms with Gasteiger partial charge in [-0.15, -0.1) is 0 Å². The highest BCUT2D eigenvalue weighted by atomic mass is 16.2. The molecular weight excluding hydrogens is 276 g/mol. The Morgan fingerprint density at radius 3 is 2.27 bits per heavy atom. The lowest BCUT2D eigenvalue weighted by molar-refractivity contribution is -0.123. The van der Waals surface area contributed by atoms with Gasteiger partial charge in [-0.25, -0.2) is 0 Å². The van der Waals surface area contributed by atoms with Crippen molar-refractivity contribution in [3.05, 3.63) is 34.9 Å². The molecule has 0 unspecified atom stereocenters. The van der Waals surface area contributed by atoms with E-state index >= 15 is 0 Å². The third kappa shape index (κ3) is 3.49. The molecule has 2 amide bonds. The number of nitrogens with two attached hydrogens (primary N) is 1. The molecule has 1 heterocycles. The lowest BCUT2D eigenvalue weighted by atomic mass is 9.85. The van der Waals surface area contributed by atoms with Crippen molar-refractivity contribution in [3.8, 4) is 0 Å². The van der Waals surface area contributed by atoms with Gasteiger partial charge in [0.2, 0.25) is 5.91 Å². The van der Waals surface area contributed by atoms with Gasteiger partial charge in [-0.3, -0.25) is 9.59 Å². The molecule has 0 aromatic heterocycles. The van der Waals surface area contributed by atoms with E-state index < -0.39 is 0 Å². The van der Waals surface area contributed by atoms with E-state index in [0.717, 1.165) is 16.7 Å². The highest BCUT2D eigenvalue weighted by molar-refractivity contribution is 5.96. The van der Waals surface area contributed by atoms with Crippen molar-refractivity contribution >= 4 is 11.8 Å². The summed E-state index contributed by atoms with van der Waals surface area (Å²) in [5.41, 5.74) is 8.29. The first-order chi connectivity index (χ1) is 10.2. The summed E-state index contributed by atoms with van der Waals surface area (Å²) in [6.07, 6.45) is 1.33. The Hall–Kier alpha value is -1.84. The van der Waals surface area contributed by atoms with Gasteiger partial charge in [-0.05, 0) is 42.4 Å². The number of carbonyl (C=O) groups is 2. The zero-order valence-electron chi connectivity index (χ0n) is 14.0. The number of likely N-dealkylation sites (tertiary alicyclic amines) is 1. The number of aryl methyl sites for hydroxylation is 1. The van der Waals surface area contributed by atoms with Crippen molar-refractivity contribution in [3.63, 3.8) is 0 Å². The summed E-state index contributed by atoms with van der Waals surface area (Å²) in [6.45, 7) is 9.60. The van der Waals surface area contributed by atoms with Gasteiger partial charge < -0.3 is 10.6 Å². The van der Waals surface area contributed by atoms with Gasteiger partial charge in [0.25, 0.3) is 5.91 Å². The molecule has 0 aliphatic carbocycles. The van der Waals surface area contributed by atoms with Crippen LogP contribution in [-0.2, 0) is 10.2 Å².